The number of hydrogen-bond acceptors (Lipinski definition) is 5. The minimum absolute atomic E-state index is 0.0525. The minimum atomic E-state index is -0.486. The predicted octanol–water partition coefficient (Wildman–Crippen LogP) is 1.23. The van der Waals surface area contributed by atoms with Crippen LogP contribution in [0, 0.1) is 6.92 Å². The lowest BCUT2D eigenvalue weighted by Crippen LogP contribution is -2.30. The Morgan fingerprint density at radius 2 is 2.19 bits per heavy atom. The summed E-state index contributed by atoms with van der Waals surface area (Å²) in [7, 11) is 1.32. The molecule has 0 spiro atoms. The van der Waals surface area contributed by atoms with Gasteiger partial charge in [-0.05, 0) is 37.5 Å². The highest BCUT2D eigenvalue weighted by Gasteiger charge is 2.30. The maximum Gasteiger partial charge on any atom is 0.337 e. The van der Waals surface area contributed by atoms with E-state index < -0.39 is 12.1 Å². The molecule has 0 aromatic heterocycles. The largest absolute Gasteiger partial charge is 0.465 e. The zero-order chi connectivity index (χ0) is 15.4. The van der Waals surface area contributed by atoms with Crippen LogP contribution in [-0.2, 0) is 14.3 Å². The van der Waals surface area contributed by atoms with Crippen LogP contribution in [-0.4, -0.2) is 37.7 Å². The smallest absolute Gasteiger partial charge is 0.337 e. The number of esters is 1. The van der Waals surface area contributed by atoms with Crippen LogP contribution in [0.1, 0.15) is 28.8 Å². The van der Waals surface area contributed by atoms with Crippen molar-refractivity contribution in [2.24, 2.45) is 5.73 Å². The quantitative estimate of drug-likeness (QED) is 0.814. The molecule has 1 aromatic rings. The predicted molar refractivity (Wildman–Crippen MR) is 78.1 cm³/mol. The first-order valence-corrected chi connectivity index (χ1v) is 6.90. The molecule has 114 valence electrons. The Bertz CT molecular complexity index is 544. The van der Waals surface area contributed by atoms with Gasteiger partial charge in [0.05, 0.1) is 18.8 Å². The molecular weight excluding hydrogens is 272 g/mol. The molecule has 0 aliphatic carbocycles. The molecule has 1 heterocycles. The van der Waals surface area contributed by atoms with Gasteiger partial charge in [0.1, 0.15) is 6.10 Å². The summed E-state index contributed by atoms with van der Waals surface area (Å²) in [6, 6.07) is 5.03. The van der Waals surface area contributed by atoms with Crippen LogP contribution in [0.3, 0.4) is 0 Å². The lowest BCUT2D eigenvalue weighted by Gasteiger charge is -2.14. The van der Waals surface area contributed by atoms with Gasteiger partial charge in [0.25, 0.3) is 5.91 Å². The molecule has 2 rings (SSSR count). The molecule has 0 unspecified atom stereocenters. The van der Waals surface area contributed by atoms with Crippen molar-refractivity contribution in [2.75, 3.05) is 19.0 Å². The summed E-state index contributed by atoms with van der Waals surface area (Å²) < 4.78 is 10.2. The van der Waals surface area contributed by atoms with E-state index in [-0.39, 0.29) is 12.0 Å². The van der Waals surface area contributed by atoms with Crippen LogP contribution >= 0.6 is 0 Å². The molecule has 1 aliphatic rings. The van der Waals surface area contributed by atoms with Gasteiger partial charge in [0.2, 0.25) is 0 Å². The molecule has 3 N–H and O–H groups in total. The third kappa shape index (κ3) is 3.59. The zero-order valence-corrected chi connectivity index (χ0v) is 12.2. The molecule has 1 aliphatic heterocycles. The van der Waals surface area contributed by atoms with Crippen molar-refractivity contribution in [3.8, 4) is 0 Å². The number of carbonyl (C=O) groups excluding carboxylic acids is 2. The molecule has 1 saturated heterocycles. The third-order valence-corrected chi connectivity index (χ3v) is 3.58. The van der Waals surface area contributed by atoms with E-state index >= 15 is 0 Å². The number of nitrogens with two attached hydrogens (primary N) is 1. The number of hydrogen-bond donors (Lipinski definition) is 2. The molecule has 6 heteroatoms. The molecule has 1 aromatic carbocycles. The Labute approximate surface area is 123 Å². The van der Waals surface area contributed by atoms with Gasteiger partial charge in [0, 0.05) is 12.2 Å². The maximum absolute atomic E-state index is 12.2. The highest BCUT2D eigenvalue weighted by Crippen LogP contribution is 2.22. The normalized spacial score (nSPS) is 21.1. The van der Waals surface area contributed by atoms with E-state index in [0.29, 0.717) is 24.2 Å². The van der Waals surface area contributed by atoms with E-state index in [1.165, 1.54) is 7.11 Å². The number of benzene rings is 1. The zero-order valence-electron chi connectivity index (χ0n) is 12.2. The molecule has 1 fully saturated rings. The SMILES string of the molecule is COC(=O)c1ccc(C)c(NC(=O)[C@@H]2CC[C@H](CN)O2)c1. The summed E-state index contributed by atoms with van der Waals surface area (Å²) in [5, 5.41) is 2.80. The first-order chi connectivity index (χ1) is 10.0. The summed E-state index contributed by atoms with van der Waals surface area (Å²) >= 11 is 0. The molecular formula is C15H20N2O4. The molecule has 2 atom stereocenters. The van der Waals surface area contributed by atoms with Crippen molar-refractivity contribution in [1.82, 2.24) is 0 Å². The van der Waals surface area contributed by atoms with Gasteiger partial charge < -0.3 is 20.5 Å². The van der Waals surface area contributed by atoms with Crippen LogP contribution in [0.2, 0.25) is 0 Å². The average molecular weight is 292 g/mol. The van der Waals surface area contributed by atoms with Crippen molar-refractivity contribution in [3.05, 3.63) is 29.3 Å². The number of ether oxygens (including phenoxy) is 2. The van der Waals surface area contributed by atoms with E-state index in [1.807, 2.05) is 6.92 Å². The lowest BCUT2D eigenvalue weighted by atomic mass is 10.1. The van der Waals surface area contributed by atoms with Gasteiger partial charge in [-0.1, -0.05) is 6.07 Å². The second-order valence-corrected chi connectivity index (χ2v) is 5.07. The van der Waals surface area contributed by atoms with Crippen LogP contribution in [0.15, 0.2) is 18.2 Å². The van der Waals surface area contributed by atoms with E-state index in [2.05, 4.69) is 10.1 Å². The van der Waals surface area contributed by atoms with Crippen LogP contribution in [0.25, 0.3) is 0 Å². The van der Waals surface area contributed by atoms with E-state index in [4.69, 9.17) is 10.5 Å². The van der Waals surface area contributed by atoms with Crippen molar-refractivity contribution in [2.45, 2.75) is 32.0 Å². The standard InChI is InChI=1S/C15H20N2O4/c1-9-3-4-10(15(19)20-2)7-12(9)17-14(18)13-6-5-11(8-16)21-13/h3-4,7,11,13H,5-6,8,16H2,1-2H3,(H,17,18)/t11-,13+/m1/s1. The monoisotopic (exact) mass is 292 g/mol. The number of nitrogens with one attached hydrogen (secondary N) is 1. The van der Waals surface area contributed by atoms with Crippen LogP contribution in [0.5, 0.6) is 0 Å². The van der Waals surface area contributed by atoms with E-state index in [0.717, 1.165) is 12.0 Å². The summed E-state index contributed by atoms with van der Waals surface area (Å²) in [6.45, 7) is 2.27. The number of carbonyl (C=O) groups is 2. The maximum atomic E-state index is 12.2. The summed E-state index contributed by atoms with van der Waals surface area (Å²) in [5.74, 6) is -0.651. The van der Waals surface area contributed by atoms with Crippen molar-refractivity contribution < 1.29 is 19.1 Å². The fourth-order valence-electron chi connectivity index (χ4n) is 2.29. The molecule has 1 amide bonds. The number of amides is 1. The Kier molecular flexibility index (Phi) is 4.93. The van der Waals surface area contributed by atoms with Gasteiger partial charge >= 0.3 is 5.97 Å². The first kappa shape index (κ1) is 15.5. The summed E-state index contributed by atoms with van der Waals surface area (Å²) in [6.07, 6.45) is 0.905. The minimum Gasteiger partial charge on any atom is -0.465 e. The number of anilines is 1. The third-order valence-electron chi connectivity index (χ3n) is 3.58. The first-order valence-electron chi connectivity index (χ1n) is 6.90. The lowest BCUT2D eigenvalue weighted by molar-refractivity contribution is -0.126. The van der Waals surface area contributed by atoms with E-state index in [1.54, 1.807) is 18.2 Å². The topological polar surface area (TPSA) is 90.7 Å². The number of methoxy groups -OCH3 is 1. The second-order valence-electron chi connectivity index (χ2n) is 5.07. The highest BCUT2D eigenvalue weighted by atomic mass is 16.5. The Balaban J connectivity index is 2.08. The molecule has 0 radical (unpaired) electrons. The van der Waals surface area contributed by atoms with Gasteiger partial charge in [-0.15, -0.1) is 0 Å². The number of rotatable bonds is 4. The Hall–Kier alpha value is -1.92. The number of aryl methyl sites for hydroxylation is 1. The van der Waals surface area contributed by atoms with Gasteiger partial charge in [0.15, 0.2) is 0 Å². The van der Waals surface area contributed by atoms with Crippen molar-refractivity contribution >= 4 is 17.6 Å². The van der Waals surface area contributed by atoms with Crippen molar-refractivity contribution in [3.63, 3.8) is 0 Å². The van der Waals surface area contributed by atoms with Crippen LogP contribution in [0.4, 0.5) is 5.69 Å². The van der Waals surface area contributed by atoms with E-state index in [9.17, 15) is 9.59 Å². The molecule has 6 nitrogen and oxygen atoms in total. The Morgan fingerprint density at radius 1 is 1.43 bits per heavy atom. The van der Waals surface area contributed by atoms with Crippen molar-refractivity contribution in [1.29, 1.82) is 0 Å². The van der Waals surface area contributed by atoms with Crippen LogP contribution < -0.4 is 11.1 Å². The highest BCUT2D eigenvalue weighted by molar-refractivity contribution is 5.97. The summed E-state index contributed by atoms with van der Waals surface area (Å²) in [5.41, 5.74) is 7.38. The second kappa shape index (κ2) is 6.69. The van der Waals surface area contributed by atoms with Gasteiger partial charge in [-0.3, -0.25) is 4.79 Å². The van der Waals surface area contributed by atoms with Gasteiger partial charge in [-0.2, -0.15) is 0 Å². The molecule has 0 bridgehead atoms. The van der Waals surface area contributed by atoms with Gasteiger partial charge in [-0.25, -0.2) is 4.79 Å². The Morgan fingerprint density at radius 3 is 2.81 bits per heavy atom. The fourth-order valence-corrected chi connectivity index (χ4v) is 2.29. The molecule has 0 saturated carbocycles. The summed E-state index contributed by atoms with van der Waals surface area (Å²) in [4.78, 5) is 23.7. The molecule has 21 heavy (non-hydrogen) atoms. The average Bonchev–Trinajstić information content (AvgIpc) is 2.97. The fraction of sp³-hybridized carbons (Fsp3) is 0.467.